The molecule has 43 heavy (non-hydrogen) atoms. The molecule has 0 radical (unpaired) electrons. The van der Waals surface area contributed by atoms with Gasteiger partial charge < -0.3 is 9.64 Å². The number of rotatable bonds is 7. The number of hydrogen-bond acceptors (Lipinski definition) is 7. The molecule has 17 heteroatoms. The molecule has 0 spiro atoms. The minimum Gasteiger partial charge on any atom is -0.449 e. The van der Waals surface area contributed by atoms with E-state index >= 15 is 0 Å². The first-order valence-corrected chi connectivity index (χ1v) is 13.1. The van der Waals surface area contributed by atoms with E-state index in [1.165, 1.54) is 16.8 Å². The monoisotopic (exact) mass is 621 g/mol. The van der Waals surface area contributed by atoms with Gasteiger partial charge in [-0.3, -0.25) is 4.90 Å². The summed E-state index contributed by atoms with van der Waals surface area (Å²) < 4.78 is 116. The Hall–Kier alpha value is -4.05. The first-order chi connectivity index (χ1) is 19.9. The highest BCUT2D eigenvalue weighted by atomic mass is 19.4. The summed E-state index contributed by atoms with van der Waals surface area (Å²) in [6.07, 6.45) is -10.5. The van der Waals surface area contributed by atoms with Crippen molar-refractivity contribution >= 4 is 17.7 Å². The third-order valence-corrected chi connectivity index (χ3v) is 6.88. The third kappa shape index (κ3) is 6.80. The van der Waals surface area contributed by atoms with Crippen molar-refractivity contribution in [2.75, 3.05) is 16.4 Å². The van der Waals surface area contributed by atoms with Crippen LogP contribution in [0.3, 0.4) is 0 Å². The maximum atomic E-state index is 14.3. The second-order valence-corrected chi connectivity index (χ2v) is 9.99. The number of anilines is 2. The maximum absolute atomic E-state index is 14.3. The normalized spacial score (nSPS) is 17.5. The highest BCUT2D eigenvalue weighted by Gasteiger charge is 2.43. The zero-order chi connectivity index (χ0) is 31.9. The Labute approximate surface area is 240 Å². The Bertz CT molecular complexity index is 1440. The van der Waals surface area contributed by atoms with Crippen LogP contribution in [0.5, 0.6) is 0 Å². The van der Waals surface area contributed by atoms with Crippen LogP contribution in [0.1, 0.15) is 67.7 Å². The number of benzene rings is 1. The molecule has 0 saturated carbocycles. The van der Waals surface area contributed by atoms with Gasteiger partial charge in [0, 0.05) is 25.1 Å². The molecule has 0 fully saturated rings. The molecule has 9 nitrogen and oxygen atoms in total. The Morgan fingerprint density at radius 2 is 1.70 bits per heavy atom. The van der Waals surface area contributed by atoms with Crippen LogP contribution in [0.2, 0.25) is 0 Å². The van der Waals surface area contributed by atoms with E-state index in [1.807, 2.05) is 0 Å². The van der Waals surface area contributed by atoms with Gasteiger partial charge in [-0.2, -0.15) is 31.1 Å². The van der Waals surface area contributed by atoms with Crippen LogP contribution in [0.15, 0.2) is 30.3 Å². The predicted molar refractivity (Wildman–Crippen MR) is 136 cm³/mol. The molecule has 3 heterocycles. The summed E-state index contributed by atoms with van der Waals surface area (Å²) in [6, 6.07) is 1.84. The fraction of sp³-hybridized carbons (Fsp3) is 0.500. The number of nitrogens with zero attached hydrogens (tertiary/aromatic N) is 7. The van der Waals surface area contributed by atoms with E-state index in [0.29, 0.717) is 31.5 Å². The Morgan fingerprint density at radius 3 is 2.23 bits per heavy atom. The minimum atomic E-state index is -4.97. The van der Waals surface area contributed by atoms with Crippen LogP contribution < -0.4 is 9.80 Å². The number of hydrogen-bond donors (Lipinski definition) is 0. The lowest BCUT2D eigenvalue weighted by Crippen LogP contribution is -2.48. The van der Waals surface area contributed by atoms with Gasteiger partial charge in [0.25, 0.3) is 11.9 Å². The van der Waals surface area contributed by atoms with E-state index in [9.17, 15) is 39.9 Å². The summed E-state index contributed by atoms with van der Waals surface area (Å²) >= 11 is 0. The zero-order valence-corrected chi connectivity index (χ0v) is 23.3. The van der Waals surface area contributed by atoms with Crippen molar-refractivity contribution < 1.29 is 44.7 Å². The van der Waals surface area contributed by atoms with Crippen molar-refractivity contribution in [3.05, 3.63) is 58.4 Å². The van der Waals surface area contributed by atoms with Gasteiger partial charge in [0.15, 0.2) is 0 Å². The Kier molecular flexibility index (Phi) is 8.57. The molecule has 1 aliphatic heterocycles. The van der Waals surface area contributed by atoms with Crippen molar-refractivity contribution in [3.63, 3.8) is 0 Å². The minimum absolute atomic E-state index is 0.0197. The predicted octanol–water partition coefficient (Wildman–Crippen LogP) is 6.65. The van der Waals surface area contributed by atoms with E-state index in [1.54, 1.807) is 13.8 Å². The fourth-order valence-corrected chi connectivity index (χ4v) is 4.92. The molecule has 0 aliphatic carbocycles. The fourth-order valence-electron chi connectivity index (χ4n) is 4.92. The molecule has 1 aromatic carbocycles. The molecule has 3 aromatic rings. The van der Waals surface area contributed by atoms with E-state index < -0.39 is 59.8 Å². The van der Waals surface area contributed by atoms with Gasteiger partial charge in [-0.15, -0.1) is 5.10 Å². The number of carbonyl (C=O) groups excluding carboxylic acids is 1. The average molecular weight is 622 g/mol. The van der Waals surface area contributed by atoms with E-state index in [-0.39, 0.29) is 35.9 Å². The largest absolute Gasteiger partial charge is 0.449 e. The zero-order valence-electron chi connectivity index (χ0n) is 23.3. The van der Waals surface area contributed by atoms with Gasteiger partial charge in [0.2, 0.25) is 0 Å². The van der Waals surface area contributed by atoms with Crippen molar-refractivity contribution in [2.24, 2.45) is 7.05 Å². The number of amides is 1. The van der Waals surface area contributed by atoms with Gasteiger partial charge in [0.1, 0.15) is 5.69 Å². The summed E-state index contributed by atoms with van der Waals surface area (Å²) in [6.45, 7) is 3.17. The highest BCUT2D eigenvalue weighted by Crippen LogP contribution is 2.44. The molecule has 2 atom stereocenters. The molecular formula is C26H27F8N7O2. The third-order valence-electron chi connectivity index (χ3n) is 6.88. The Balaban J connectivity index is 1.93. The quantitative estimate of drug-likeness (QED) is 0.273. The van der Waals surface area contributed by atoms with Crippen molar-refractivity contribution in [1.82, 2.24) is 25.2 Å². The first-order valence-electron chi connectivity index (χ1n) is 13.1. The van der Waals surface area contributed by atoms with Crippen LogP contribution in [0.25, 0.3) is 0 Å². The molecular weight excluding hydrogens is 594 g/mol. The number of carbonyl (C=O) groups is 1. The van der Waals surface area contributed by atoms with Gasteiger partial charge in [-0.1, -0.05) is 12.0 Å². The molecule has 0 saturated heterocycles. The molecule has 2 aromatic heterocycles. The standard InChI is InChI=1S/C26H27F8N7O2/c1-5-17-12-19(21-18(41(17)23(42)43-6-2)7-8-20(35-21)26(32,33)34)40(22-36-38-39(4)37-22)13-14-9-15(24(3,27)28)11-16(10-14)25(29,30)31/h7-11,17,19H,5-6,12-13H2,1-4H3/t17-,19+/m1/s1. The number of fused-ring (bicyclic) bond motifs is 1. The van der Waals surface area contributed by atoms with Crippen LogP contribution in [-0.4, -0.2) is 43.9 Å². The van der Waals surface area contributed by atoms with Crippen molar-refractivity contribution in [1.29, 1.82) is 0 Å². The SMILES string of the molecule is CCOC(=O)N1c2ccc(C(F)(F)F)nc2[C@@H](N(Cc2cc(C(C)(F)F)cc(C(F)(F)F)c2)c2nnn(C)n2)C[C@H]1CC. The number of aromatic nitrogens is 5. The lowest BCUT2D eigenvalue weighted by Gasteiger charge is -2.43. The van der Waals surface area contributed by atoms with E-state index in [2.05, 4.69) is 20.4 Å². The number of aryl methyl sites for hydroxylation is 1. The number of tetrazole rings is 1. The number of halogens is 8. The molecule has 234 valence electrons. The van der Waals surface area contributed by atoms with Crippen LogP contribution in [-0.2, 0) is 36.6 Å². The Morgan fingerprint density at radius 1 is 1.02 bits per heavy atom. The molecule has 0 bridgehead atoms. The molecule has 1 aliphatic rings. The summed E-state index contributed by atoms with van der Waals surface area (Å²) in [7, 11) is 1.39. The second-order valence-electron chi connectivity index (χ2n) is 9.99. The molecule has 4 rings (SSSR count). The van der Waals surface area contributed by atoms with Crippen LogP contribution in [0, 0.1) is 0 Å². The number of ether oxygens (including phenoxy) is 1. The van der Waals surface area contributed by atoms with Crippen molar-refractivity contribution in [2.45, 2.75) is 70.5 Å². The summed E-state index contributed by atoms with van der Waals surface area (Å²) in [5.74, 6) is -3.85. The molecule has 1 amide bonds. The lowest BCUT2D eigenvalue weighted by molar-refractivity contribution is -0.141. The van der Waals surface area contributed by atoms with Gasteiger partial charge in [-0.25, -0.2) is 18.6 Å². The van der Waals surface area contributed by atoms with Gasteiger partial charge in [-0.05, 0) is 60.9 Å². The summed E-state index contributed by atoms with van der Waals surface area (Å²) in [5, 5.41) is 11.7. The first kappa shape index (κ1) is 31.9. The maximum Gasteiger partial charge on any atom is 0.433 e. The second kappa shape index (κ2) is 11.6. The number of alkyl halides is 8. The van der Waals surface area contributed by atoms with Crippen molar-refractivity contribution in [3.8, 4) is 0 Å². The number of pyridine rings is 1. The van der Waals surface area contributed by atoms with E-state index in [0.717, 1.165) is 16.9 Å². The average Bonchev–Trinajstić information content (AvgIpc) is 3.34. The molecule has 0 unspecified atom stereocenters. The van der Waals surface area contributed by atoms with Crippen LogP contribution >= 0.6 is 0 Å². The lowest BCUT2D eigenvalue weighted by atomic mass is 9.91. The van der Waals surface area contributed by atoms with E-state index in [4.69, 9.17) is 4.74 Å². The van der Waals surface area contributed by atoms with Gasteiger partial charge in [0.05, 0.1) is 36.6 Å². The highest BCUT2D eigenvalue weighted by molar-refractivity contribution is 5.90. The topological polar surface area (TPSA) is 89.3 Å². The summed E-state index contributed by atoms with van der Waals surface area (Å²) in [5.41, 5.74) is -4.05. The van der Waals surface area contributed by atoms with Gasteiger partial charge >= 0.3 is 18.4 Å². The summed E-state index contributed by atoms with van der Waals surface area (Å²) in [4.78, 5) is 20.2. The van der Waals surface area contributed by atoms with Crippen LogP contribution in [0.4, 0.5) is 51.6 Å². The molecule has 0 N–H and O–H groups in total. The smallest absolute Gasteiger partial charge is 0.433 e.